The Morgan fingerprint density at radius 1 is 1.31 bits per heavy atom. The molecular formula is C11H15ClO4. The molecule has 2 atom stereocenters. The van der Waals surface area contributed by atoms with Crippen molar-refractivity contribution in [3.63, 3.8) is 0 Å². The molecule has 0 fully saturated rings. The number of aliphatic hydroxyl groups excluding tert-OH is 2. The van der Waals surface area contributed by atoms with Crippen molar-refractivity contribution < 1.29 is 19.7 Å². The van der Waals surface area contributed by atoms with Gasteiger partial charge in [0.25, 0.3) is 0 Å². The van der Waals surface area contributed by atoms with Gasteiger partial charge in [0, 0.05) is 17.7 Å². The van der Waals surface area contributed by atoms with Crippen LogP contribution in [0.15, 0.2) is 24.3 Å². The molecule has 0 unspecified atom stereocenters. The number of halogens is 1. The van der Waals surface area contributed by atoms with Crippen molar-refractivity contribution in [3.05, 3.63) is 34.9 Å². The number of ether oxygens (including phenoxy) is 2. The molecule has 0 saturated heterocycles. The van der Waals surface area contributed by atoms with Crippen molar-refractivity contribution in [2.24, 2.45) is 0 Å². The Kier molecular flexibility index (Phi) is 5.73. The largest absolute Gasteiger partial charge is 0.388 e. The maximum atomic E-state index is 9.81. The zero-order valence-electron chi connectivity index (χ0n) is 8.97. The molecule has 0 aliphatic rings. The van der Waals surface area contributed by atoms with E-state index in [-0.39, 0.29) is 13.4 Å². The van der Waals surface area contributed by atoms with E-state index in [1.165, 1.54) is 7.11 Å². The standard InChI is InChI=1S/C11H15ClO4/c1-15-7-16-6-10(13)11(14)8-4-2-3-5-9(8)12/h2-5,10-11,13-14H,6-7H2,1H3/t10-,11-/m1/s1. The van der Waals surface area contributed by atoms with Crippen LogP contribution in [0, 0.1) is 0 Å². The molecule has 5 heteroatoms. The lowest BCUT2D eigenvalue weighted by atomic mass is 10.1. The summed E-state index contributed by atoms with van der Waals surface area (Å²) in [6, 6.07) is 6.81. The van der Waals surface area contributed by atoms with E-state index in [9.17, 15) is 10.2 Å². The minimum absolute atomic E-state index is 0.0137. The van der Waals surface area contributed by atoms with Crippen LogP contribution >= 0.6 is 11.6 Å². The van der Waals surface area contributed by atoms with Crippen LogP contribution in [0.25, 0.3) is 0 Å². The average molecular weight is 247 g/mol. The second-order valence-electron chi connectivity index (χ2n) is 3.31. The predicted octanol–water partition coefficient (Wildman–Crippen LogP) is 1.35. The normalized spacial score (nSPS) is 14.8. The molecule has 0 heterocycles. The molecule has 1 aromatic carbocycles. The van der Waals surface area contributed by atoms with Crippen molar-refractivity contribution in [1.82, 2.24) is 0 Å². The maximum absolute atomic E-state index is 9.81. The van der Waals surface area contributed by atoms with Gasteiger partial charge in [-0.3, -0.25) is 0 Å². The van der Waals surface area contributed by atoms with Crippen LogP contribution in [-0.4, -0.2) is 36.8 Å². The monoisotopic (exact) mass is 246 g/mol. The summed E-state index contributed by atoms with van der Waals surface area (Å²) in [6.45, 7) is 0.0620. The highest BCUT2D eigenvalue weighted by atomic mass is 35.5. The van der Waals surface area contributed by atoms with Gasteiger partial charge in [-0.2, -0.15) is 0 Å². The fourth-order valence-electron chi connectivity index (χ4n) is 1.27. The lowest BCUT2D eigenvalue weighted by Crippen LogP contribution is -2.24. The molecule has 90 valence electrons. The zero-order valence-corrected chi connectivity index (χ0v) is 9.72. The highest BCUT2D eigenvalue weighted by Gasteiger charge is 2.20. The second-order valence-corrected chi connectivity index (χ2v) is 3.72. The number of hydrogen-bond acceptors (Lipinski definition) is 4. The minimum Gasteiger partial charge on any atom is -0.388 e. The molecule has 0 saturated carbocycles. The van der Waals surface area contributed by atoms with E-state index in [0.29, 0.717) is 10.6 Å². The third-order valence-electron chi connectivity index (χ3n) is 2.08. The maximum Gasteiger partial charge on any atom is 0.146 e. The molecule has 0 radical (unpaired) electrons. The molecule has 2 N–H and O–H groups in total. The van der Waals surface area contributed by atoms with Gasteiger partial charge in [-0.15, -0.1) is 0 Å². The quantitative estimate of drug-likeness (QED) is 0.588. The summed E-state index contributed by atoms with van der Waals surface area (Å²) in [5, 5.41) is 19.9. The summed E-state index contributed by atoms with van der Waals surface area (Å²) < 4.78 is 9.61. The average Bonchev–Trinajstić information content (AvgIpc) is 2.29. The van der Waals surface area contributed by atoms with E-state index < -0.39 is 12.2 Å². The first-order chi connectivity index (χ1) is 7.66. The first kappa shape index (κ1) is 13.4. The first-order valence-electron chi connectivity index (χ1n) is 4.84. The highest BCUT2D eigenvalue weighted by Crippen LogP contribution is 2.24. The van der Waals surface area contributed by atoms with Gasteiger partial charge in [-0.05, 0) is 6.07 Å². The molecule has 0 aliphatic heterocycles. The lowest BCUT2D eigenvalue weighted by molar-refractivity contribution is -0.0900. The van der Waals surface area contributed by atoms with Gasteiger partial charge in [0.15, 0.2) is 0 Å². The Balaban J connectivity index is 2.56. The lowest BCUT2D eigenvalue weighted by Gasteiger charge is -2.18. The topological polar surface area (TPSA) is 58.9 Å². The Hall–Kier alpha value is -0.650. The summed E-state index contributed by atoms with van der Waals surface area (Å²) >= 11 is 5.89. The van der Waals surface area contributed by atoms with E-state index in [1.54, 1.807) is 24.3 Å². The van der Waals surface area contributed by atoms with Crippen molar-refractivity contribution in [3.8, 4) is 0 Å². The molecule has 1 rings (SSSR count). The van der Waals surface area contributed by atoms with Gasteiger partial charge in [0.2, 0.25) is 0 Å². The highest BCUT2D eigenvalue weighted by molar-refractivity contribution is 6.31. The first-order valence-corrected chi connectivity index (χ1v) is 5.22. The van der Waals surface area contributed by atoms with Crippen LogP contribution in [0.3, 0.4) is 0 Å². The molecule has 0 aromatic heterocycles. The Morgan fingerprint density at radius 3 is 2.62 bits per heavy atom. The van der Waals surface area contributed by atoms with Gasteiger partial charge in [-0.25, -0.2) is 0 Å². The second kappa shape index (κ2) is 6.83. The van der Waals surface area contributed by atoms with Crippen molar-refractivity contribution in [2.45, 2.75) is 12.2 Å². The van der Waals surface area contributed by atoms with Crippen LogP contribution in [0.4, 0.5) is 0 Å². The number of methoxy groups -OCH3 is 1. The SMILES string of the molecule is COCOC[C@@H](O)[C@H](O)c1ccccc1Cl. The Morgan fingerprint density at radius 2 is 2.00 bits per heavy atom. The number of aliphatic hydroxyl groups is 2. The number of hydrogen-bond donors (Lipinski definition) is 2. The van der Waals surface area contributed by atoms with Crippen LogP contribution in [0.1, 0.15) is 11.7 Å². The number of rotatable bonds is 6. The van der Waals surface area contributed by atoms with Gasteiger partial charge < -0.3 is 19.7 Å². The van der Waals surface area contributed by atoms with E-state index in [2.05, 4.69) is 4.74 Å². The Labute approximate surface area is 99.4 Å². The van der Waals surface area contributed by atoms with Crippen LogP contribution < -0.4 is 0 Å². The molecule has 0 bridgehead atoms. The molecule has 0 aliphatic carbocycles. The molecule has 0 spiro atoms. The zero-order chi connectivity index (χ0) is 12.0. The van der Waals surface area contributed by atoms with Crippen LogP contribution in [-0.2, 0) is 9.47 Å². The molecule has 4 nitrogen and oxygen atoms in total. The summed E-state index contributed by atoms with van der Waals surface area (Å²) in [5.41, 5.74) is 0.484. The van der Waals surface area contributed by atoms with Crippen molar-refractivity contribution in [2.75, 3.05) is 20.5 Å². The van der Waals surface area contributed by atoms with Gasteiger partial charge >= 0.3 is 0 Å². The molecule has 16 heavy (non-hydrogen) atoms. The van der Waals surface area contributed by atoms with Gasteiger partial charge in [0.05, 0.1) is 6.61 Å². The summed E-state index contributed by atoms with van der Waals surface area (Å²) in [5.74, 6) is 0. The number of benzene rings is 1. The third-order valence-corrected chi connectivity index (χ3v) is 2.42. The summed E-state index contributed by atoms with van der Waals surface area (Å²) in [4.78, 5) is 0. The molecular weight excluding hydrogens is 232 g/mol. The van der Waals surface area contributed by atoms with Gasteiger partial charge in [0.1, 0.15) is 19.0 Å². The fourth-order valence-corrected chi connectivity index (χ4v) is 1.51. The Bertz CT molecular complexity index is 319. The minimum atomic E-state index is -1.06. The third kappa shape index (κ3) is 3.73. The summed E-state index contributed by atoms with van der Waals surface area (Å²) in [6.07, 6.45) is -2.10. The van der Waals surface area contributed by atoms with E-state index >= 15 is 0 Å². The van der Waals surface area contributed by atoms with E-state index in [4.69, 9.17) is 16.3 Å². The fraction of sp³-hybridized carbons (Fsp3) is 0.455. The predicted molar refractivity (Wildman–Crippen MR) is 60.2 cm³/mol. The van der Waals surface area contributed by atoms with Crippen molar-refractivity contribution >= 4 is 11.6 Å². The van der Waals surface area contributed by atoms with Gasteiger partial charge in [-0.1, -0.05) is 29.8 Å². The van der Waals surface area contributed by atoms with E-state index in [0.717, 1.165) is 0 Å². The smallest absolute Gasteiger partial charge is 0.146 e. The van der Waals surface area contributed by atoms with Crippen molar-refractivity contribution in [1.29, 1.82) is 0 Å². The molecule has 0 amide bonds. The molecule has 1 aromatic rings. The van der Waals surface area contributed by atoms with Crippen LogP contribution in [0.5, 0.6) is 0 Å². The van der Waals surface area contributed by atoms with E-state index in [1.807, 2.05) is 0 Å². The summed E-state index contributed by atoms with van der Waals surface area (Å²) in [7, 11) is 1.48. The van der Waals surface area contributed by atoms with Crippen LogP contribution in [0.2, 0.25) is 5.02 Å².